The molecule has 1 unspecified atom stereocenters. The molecule has 0 aliphatic carbocycles. The number of nitrogens with one attached hydrogen (secondary N) is 2. The number of primary amides is 1. The van der Waals surface area contributed by atoms with Crippen LogP contribution >= 0.6 is 0 Å². The Morgan fingerprint density at radius 1 is 1.18 bits per heavy atom. The van der Waals surface area contributed by atoms with Gasteiger partial charge in [-0.2, -0.15) is 15.0 Å². The lowest BCUT2D eigenvalue weighted by Crippen LogP contribution is -2.30. The van der Waals surface area contributed by atoms with Gasteiger partial charge in [-0.15, -0.1) is 0 Å². The van der Waals surface area contributed by atoms with E-state index in [2.05, 4.69) is 57.3 Å². The normalized spacial score (nSPS) is 16.1. The molecule has 2 aromatic heterocycles. The van der Waals surface area contributed by atoms with Crippen molar-refractivity contribution < 1.29 is 4.79 Å². The summed E-state index contributed by atoms with van der Waals surface area (Å²) >= 11 is 0. The highest BCUT2D eigenvalue weighted by molar-refractivity contribution is 5.94. The van der Waals surface area contributed by atoms with E-state index < -0.39 is 5.91 Å². The molecule has 38 heavy (non-hydrogen) atoms. The highest BCUT2D eigenvalue weighted by Crippen LogP contribution is 2.26. The van der Waals surface area contributed by atoms with Crippen molar-refractivity contribution in [2.75, 3.05) is 42.2 Å². The lowest BCUT2D eigenvalue weighted by atomic mass is 10.1. The number of nitrogens with two attached hydrogens (primary N) is 1. The first-order valence-corrected chi connectivity index (χ1v) is 12.7. The fraction of sp³-hybridized carbons (Fsp3) is 0.464. The van der Waals surface area contributed by atoms with Gasteiger partial charge in [-0.25, -0.2) is 0 Å². The van der Waals surface area contributed by atoms with Crippen molar-refractivity contribution in [3.8, 4) is 0 Å². The number of carbonyl (C=O) groups excluding carboxylic acids is 1. The van der Waals surface area contributed by atoms with Gasteiger partial charge in [-0.05, 0) is 55.5 Å². The predicted molar refractivity (Wildman–Crippen MR) is 154 cm³/mol. The van der Waals surface area contributed by atoms with Crippen LogP contribution in [-0.4, -0.2) is 63.5 Å². The van der Waals surface area contributed by atoms with Crippen LogP contribution in [-0.2, 0) is 0 Å². The first kappa shape index (κ1) is 28.8. The Morgan fingerprint density at radius 2 is 1.95 bits per heavy atom. The predicted octanol–water partition coefficient (Wildman–Crippen LogP) is 4.39. The summed E-state index contributed by atoms with van der Waals surface area (Å²) in [7, 11) is 1.98. The van der Waals surface area contributed by atoms with Crippen molar-refractivity contribution in [1.29, 1.82) is 0 Å². The Bertz CT molecular complexity index is 1220. The van der Waals surface area contributed by atoms with Crippen LogP contribution in [0.2, 0.25) is 0 Å². The quantitative estimate of drug-likeness (QED) is 0.357. The van der Waals surface area contributed by atoms with Gasteiger partial charge >= 0.3 is 0 Å². The largest absolute Gasteiger partial charge is 0.366 e. The number of hydrogen-bond acceptors (Lipinski definition) is 9. The molecule has 2 atom stereocenters. The summed E-state index contributed by atoms with van der Waals surface area (Å²) in [6, 6.07) is 9.87. The highest BCUT2D eigenvalue weighted by Gasteiger charge is 2.28. The van der Waals surface area contributed by atoms with Crippen LogP contribution in [0.25, 0.3) is 0 Å². The third-order valence-corrected chi connectivity index (χ3v) is 6.64. The molecule has 1 amide bonds. The number of aromatic nitrogens is 4. The zero-order valence-corrected chi connectivity index (χ0v) is 22.3. The van der Waals surface area contributed by atoms with E-state index in [1.807, 2.05) is 37.2 Å². The Kier molecular flexibility index (Phi) is 9.57. The van der Waals surface area contributed by atoms with Gasteiger partial charge in [-0.3, -0.25) is 14.7 Å². The van der Waals surface area contributed by atoms with Crippen molar-refractivity contribution in [1.82, 2.24) is 24.8 Å². The maximum absolute atomic E-state index is 11.7. The number of rotatable bonds is 10. The first-order valence-electron chi connectivity index (χ1n) is 12.7. The molecule has 4 rings (SSSR count). The Morgan fingerprint density at radius 3 is 2.63 bits per heavy atom. The first-order chi connectivity index (χ1) is 17.7. The molecule has 10 nitrogen and oxygen atoms in total. The van der Waals surface area contributed by atoms with Gasteiger partial charge in [0.05, 0.1) is 0 Å². The number of amides is 1. The van der Waals surface area contributed by atoms with Gasteiger partial charge in [0, 0.05) is 62.4 Å². The van der Waals surface area contributed by atoms with Crippen molar-refractivity contribution >= 4 is 29.4 Å². The van der Waals surface area contributed by atoms with Crippen LogP contribution in [0.1, 0.15) is 62.1 Å². The van der Waals surface area contributed by atoms with E-state index in [1.165, 1.54) is 5.56 Å². The number of carbonyl (C=O) groups is 1. The molecule has 1 saturated heterocycles. The summed E-state index contributed by atoms with van der Waals surface area (Å²) in [6.07, 6.45) is 4.72. The van der Waals surface area contributed by atoms with Crippen LogP contribution in [0.15, 0.2) is 42.7 Å². The van der Waals surface area contributed by atoms with E-state index in [-0.39, 0.29) is 19.5 Å². The highest BCUT2D eigenvalue weighted by atomic mass is 16.1. The summed E-state index contributed by atoms with van der Waals surface area (Å²) < 4.78 is 0. The minimum Gasteiger partial charge on any atom is -0.366 e. The maximum atomic E-state index is 11.7. The molecule has 204 valence electrons. The second-order valence-corrected chi connectivity index (χ2v) is 10.2. The van der Waals surface area contributed by atoms with Gasteiger partial charge < -0.3 is 21.3 Å². The molecular weight excluding hydrogens is 478 g/mol. The van der Waals surface area contributed by atoms with Crippen molar-refractivity contribution in [2.24, 2.45) is 11.7 Å². The molecule has 1 aromatic carbocycles. The van der Waals surface area contributed by atoms with Gasteiger partial charge in [0.1, 0.15) is 0 Å². The molecule has 0 bridgehead atoms. The smallest absolute Gasteiger partial charge is 0.248 e. The molecule has 10 heteroatoms. The monoisotopic (exact) mass is 519 g/mol. The minimum absolute atomic E-state index is 0. The Balaban J connectivity index is 0.00000400. The number of anilines is 4. The summed E-state index contributed by atoms with van der Waals surface area (Å²) in [6.45, 7) is 11.1. The third-order valence-electron chi connectivity index (χ3n) is 6.64. The van der Waals surface area contributed by atoms with Crippen LogP contribution in [0.3, 0.4) is 0 Å². The van der Waals surface area contributed by atoms with Crippen LogP contribution in [0.5, 0.6) is 0 Å². The zero-order valence-electron chi connectivity index (χ0n) is 22.3. The minimum atomic E-state index is -0.482. The lowest BCUT2D eigenvalue weighted by molar-refractivity contribution is 0.100. The average molecular weight is 520 g/mol. The van der Waals surface area contributed by atoms with Crippen LogP contribution < -0.4 is 21.3 Å². The van der Waals surface area contributed by atoms with Crippen LogP contribution in [0, 0.1) is 12.8 Å². The van der Waals surface area contributed by atoms with E-state index >= 15 is 0 Å². The van der Waals surface area contributed by atoms with E-state index in [9.17, 15) is 4.79 Å². The van der Waals surface area contributed by atoms with Gasteiger partial charge in [0.25, 0.3) is 0 Å². The van der Waals surface area contributed by atoms with Crippen LogP contribution in [0.4, 0.5) is 23.5 Å². The van der Waals surface area contributed by atoms with Crippen molar-refractivity contribution in [3.05, 3.63) is 59.4 Å². The molecule has 1 fully saturated rings. The summed E-state index contributed by atoms with van der Waals surface area (Å²) in [5.41, 5.74) is 8.80. The molecule has 3 aromatic rings. The van der Waals surface area contributed by atoms with Gasteiger partial charge in [0.15, 0.2) is 0 Å². The fourth-order valence-corrected chi connectivity index (χ4v) is 4.59. The van der Waals surface area contributed by atoms with Crippen molar-refractivity contribution in [2.45, 2.75) is 53.6 Å². The molecule has 0 saturated carbocycles. The molecule has 3 heterocycles. The molecule has 1 aliphatic rings. The topological polar surface area (TPSA) is 125 Å². The van der Waals surface area contributed by atoms with E-state index in [0.29, 0.717) is 29.3 Å². The number of pyridine rings is 1. The molecule has 0 spiro atoms. The SMILES string of the molecule is C.Cc1ccc(C(N)=O)cc1Nc1nc(N[C@H]2CCN(C(C)c3cccnc3)C2)nc(N(C)CC(C)C)n1. The van der Waals surface area contributed by atoms with E-state index in [0.717, 1.165) is 37.3 Å². The number of likely N-dealkylation sites (tertiary alicyclic amines) is 1. The molecule has 0 radical (unpaired) electrons. The average Bonchev–Trinajstić information content (AvgIpc) is 3.33. The molecule has 4 N–H and O–H groups in total. The van der Waals surface area contributed by atoms with Gasteiger partial charge in [-0.1, -0.05) is 33.4 Å². The Labute approximate surface area is 226 Å². The number of aryl methyl sites for hydroxylation is 1. The number of hydrogen-bond donors (Lipinski definition) is 3. The van der Waals surface area contributed by atoms with E-state index in [4.69, 9.17) is 10.7 Å². The van der Waals surface area contributed by atoms with E-state index in [1.54, 1.807) is 18.3 Å². The molecule has 1 aliphatic heterocycles. The maximum Gasteiger partial charge on any atom is 0.248 e. The van der Waals surface area contributed by atoms with Crippen molar-refractivity contribution in [3.63, 3.8) is 0 Å². The summed E-state index contributed by atoms with van der Waals surface area (Å²) in [5.74, 6) is 1.47. The standard InChI is InChI=1S/C27H37N9O.CH4/c1-17(2)15-35(5)27-33-25(30-22-10-12-36(16-22)19(4)21-7-6-11-29-14-21)32-26(34-27)31-23-13-20(24(28)37)9-8-18(23)3;/h6-9,11,13-14,17,19,22H,10,12,15-16H2,1-5H3,(H2,28,37)(H2,30,31,32,33,34);1H4/t19?,22-;/m0./s1. The lowest BCUT2D eigenvalue weighted by Gasteiger charge is -2.25. The third kappa shape index (κ3) is 7.16. The molecular formula is C28H41N9O. The number of benzene rings is 1. The number of nitrogens with zero attached hydrogens (tertiary/aromatic N) is 6. The second kappa shape index (κ2) is 12.6. The summed E-state index contributed by atoms with van der Waals surface area (Å²) in [5, 5.41) is 6.81. The second-order valence-electron chi connectivity index (χ2n) is 10.2. The van der Waals surface area contributed by atoms with Gasteiger partial charge in [0.2, 0.25) is 23.8 Å². The summed E-state index contributed by atoms with van der Waals surface area (Å²) in [4.78, 5) is 34.5. The fourth-order valence-electron chi connectivity index (χ4n) is 4.59. The Hall–Kier alpha value is -3.79. The zero-order chi connectivity index (χ0) is 26.5.